The zero-order chi connectivity index (χ0) is 12.8. The highest BCUT2D eigenvalue weighted by atomic mass is 16.7. The van der Waals surface area contributed by atoms with Crippen LogP contribution in [0, 0.1) is 0 Å². The van der Waals surface area contributed by atoms with Crippen LogP contribution in [0.25, 0.3) is 0 Å². The highest BCUT2D eigenvalue weighted by molar-refractivity contribution is 5.93. The van der Waals surface area contributed by atoms with E-state index in [2.05, 4.69) is 10.8 Å². The summed E-state index contributed by atoms with van der Waals surface area (Å²) in [4.78, 5) is 17.2. The maximum absolute atomic E-state index is 11.8. The van der Waals surface area contributed by atoms with E-state index >= 15 is 0 Å². The monoisotopic (exact) mass is 248 g/mol. The maximum atomic E-state index is 11.8. The fraction of sp³-hybridized carbons (Fsp3) is 0.500. The molecule has 1 fully saturated rings. The topological polar surface area (TPSA) is 50.4 Å². The molecule has 0 bridgehead atoms. The minimum absolute atomic E-state index is 0.141. The van der Waals surface area contributed by atoms with Crippen LogP contribution >= 0.6 is 0 Å². The van der Waals surface area contributed by atoms with Crippen LogP contribution in [0.1, 0.15) is 36.0 Å². The molecule has 1 aromatic rings. The van der Waals surface area contributed by atoms with Gasteiger partial charge < -0.3 is 5.32 Å². The molecule has 4 nitrogen and oxygen atoms in total. The van der Waals surface area contributed by atoms with Gasteiger partial charge in [0.25, 0.3) is 5.91 Å². The van der Waals surface area contributed by atoms with E-state index in [-0.39, 0.29) is 12.0 Å². The van der Waals surface area contributed by atoms with E-state index in [1.165, 1.54) is 0 Å². The summed E-state index contributed by atoms with van der Waals surface area (Å²) < 4.78 is 0. The van der Waals surface area contributed by atoms with Gasteiger partial charge >= 0.3 is 0 Å². The summed E-state index contributed by atoms with van der Waals surface area (Å²) in [6.45, 7) is 0. The summed E-state index contributed by atoms with van der Waals surface area (Å²) in [5.74, 6) is -0.175. The van der Waals surface area contributed by atoms with Gasteiger partial charge in [-0.05, 0) is 44.9 Å². The Balaban J connectivity index is 1.74. The molecule has 0 radical (unpaired) electrons. The zero-order valence-corrected chi connectivity index (χ0v) is 10.7. The molecule has 0 spiro atoms. The van der Waals surface area contributed by atoms with E-state index in [9.17, 15) is 4.79 Å². The molecule has 1 saturated carbocycles. The number of amides is 1. The predicted molar refractivity (Wildman–Crippen MR) is 70.1 cm³/mol. The number of hydroxylamine groups is 1. The molecule has 0 unspecified atom stereocenters. The van der Waals surface area contributed by atoms with Crippen molar-refractivity contribution in [1.82, 2.24) is 10.8 Å². The Bertz CT molecular complexity index is 373. The first-order valence-electron chi connectivity index (χ1n) is 6.48. The highest BCUT2D eigenvalue weighted by Gasteiger charge is 2.21. The first-order valence-corrected chi connectivity index (χ1v) is 6.48. The summed E-state index contributed by atoms with van der Waals surface area (Å²) >= 11 is 0. The summed E-state index contributed by atoms with van der Waals surface area (Å²) in [5.41, 5.74) is 3.17. The van der Waals surface area contributed by atoms with Crippen LogP contribution in [0.4, 0.5) is 0 Å². The average Bonchev–Trinajstić information content (AvgIpc) is 2.46. The van der Waals surface area contributed by atoms with Crippen molar-refractivity contribution in [2.75, 3.05) is 7.05 Å². The third-order valence-corrected chi connectivity index (χ3v) is 3.44. The number of hydrogen-bond donors (Lipinski definition) is 2. The summed E-state index contributed by atoms with van der Waals surface area (Å²) in [6.07, 6.45) is 4.31. The van der Waals surface area contributed by atoms with E-state index in [1.54, 1.807) is 12.1 Å². The average molecular weight is 248 g/mol. The van der Waals surface area contributed by atoms with Crippen molar-refractivity contribution in [3.8, 4) is 0 Å². The molecule has 1 aliphatic rings. The van der Waals surface area contributed by atoms with Crippen molar-refractivity contribution in [3.05, 3.63) is 35.9 Å². The largest absolute Gasteiger partial charge is 0.317 e. The lowest BCUT2D eigenvalue weighted by Crippen LogP contribution is -2.36. The Morgan fingerprint density at radius 3 is 2.44 bits per heavy atom. The molecule has 1 aliphatic carbocycles. The standard InChI is InChI=1S/C14H20N2O2/c1-15-12-7-9-13(10-8-12)18-16-14(17)11-5-3-2-4-6-11/h2-6,12-13,15H,7-10H2,1H3,(H,16,17). The van der Waals surface area contributed by atoms with Crippen LogP contribution in [0.15, 0.2) is 30.3 Å². The van der Waals surface area contributed by atoms with Crippen molar-refractivity contribution in [3.63, 3.8) is 0 Å². The first kappa shape index (κ1) is 13.1. The summed E-state index contributed by atoms with van der Waals surface area (Å²) in [7, 11) is 1.99. The Labute approximate surface area is 108 Å². The van der Waals surface area contributed by atoms with Gasteiger partial charge in [-0.2, -0.15) is 0 Å². The van der Waals surface area contributed by atoms with E-state index in [0.29, 0.717) is 11.6 Å². The molecule has 2 rings (SSSR count). The molecule has 0 saturated heterocycles. The van der Waals surface area contributed by atoms with Crippen LogP contribution in [-0.4, -0.2) is 25.1 Å². The molecule has 98 valence electrons. The molecular formula is C14H20N2O2. The summed E-state index contributed by atoms with van der Waals surface area (Å²) in [5, 5.41) is 3.27. The molecule has 0 atom stereocenters. The molecule has 0 aliphatic heterocycles. The number of nitrogens with one attached hydrogen (secondary N) is 2. The molecule has 4 heteroatoms. The van der Waals surface area contributed by atoms with Crippen LogP contribution in [0.5, 0.6) is 0 Å². The first-order chi connectivity index (χ1) is 8.79. The third-order valence-electron chi connectivity index (χ3n) is 3.44. The number of benzene rings is 1. The normalized spacial score (nSPS) is 23.6. The molecule has 0 aromatic heterocycles. The molecule has 1 amide bonds. The van der Waals surface area contributed by atoms with E-state index in [4.69, 9.17) is 4.84 Å². The second kappa shape index (κ2) is 6.52. The Morgan fingerprint density at radius 1 is 1.17 bits per heavy atom. The van der Waals surface area contributed by atoms with Crippen molar-refractivity contribution in [2.24, 2.45) is 0 Å². The second-order valence-electron chi connectivity index (χ2n) is 4.68. The van der Waals surface area contributed by atoms with Gasteiger partial charge in [0, 0.05) is 11.6 Å². The lowest BCUT2D eigenvalue weighted by atomic mass is 9.93. The van der Waals surface area contributed by atoms with E-state index in [1.807, 2.05) is 25.2 Å². The molecule has 2 N–H and O–H groups in total. The van der Waals surface area contributed by atoms with Gasteiger partial charge in [-0.3, -0.25) is 9.63 Å². The van der Waals surface area contributed by atoms with Gasteiger partial charge in [-0.25, -0.2) is 5.48 Å². The minimum Gasteiger partial charge on any atom is -0.317 e. The number of rotatable bonds is 4. The lowest BCUT2D eigenvalue weighted by Gasteiger charge is -2.27. The number of hydrogen-bond acceptors (Lipinski definition) is 3. The lowest BCUT2D eigenvalue weighted by molar-refractivity contribution is -0.0342. The quantitative estimate of drug-likeness (QED) is 0.800. The maximum Gasteiger partial charge on any atom is 0.274 e. The Morgan fingerprint density at radius 2 is 1.83 bits per heavy atom. The van der Waals surface area contributed by atoms with Crippen LogP contribution in [-0.2, 0) is 4.84 Å². The molecular weight excluding hydrogens is 228 g/mol. The highest BCUT2D eigenvalue weighted by Crippen LogP contribution is 2.20. The predicted octanol–water partition coefficient (Wildman–Crippen LogP) is 1.88. The fourth-order valence-corrected chi connectivity index (χ4v) is 2.25. The van der Waals surface area contributed by atoms with Gasteiger partial charge in [0.1, 0.15) is 0 Å². The molecule has 18 heavy (non-hydrogen) atoms. The second-order valence-corrected chi connectivity index (χ2v) is 4.68. The molecule has 0 heterocycles. The van der Waals surface area contributed by atoms with Crippen LogP contribution in [0.2, 0.25) is 0 Å². The van der Waals surface area contributed by atoms with Gasteiger partial charge in [0.2, 0.25) is 0 Å². The number of carbonyl (C=O) groups excluding carboxylic acids is 1. The Kier molecular flexibility index (Phi) is 4.73. The van der Waals surface area contributed by atoms with Crippen molar-refractivity contribution >= 4 is 5.91 Å². The van der Waals surface area contributed by atoms with Crippen molar-refractivity contribution in [2.45, 2.75) is 37.8 Å². The zero-order valence-electron chi connectivity index (χ0n) is 10.7. The van der Waals surface area contributed by atoms with Crippen molar-refractivity contribution in [1.29, 1.82) is 0 Å². The van der Waals surface area contributed by atoms with E-state index < -0.39 is 0 Å². The van der Waals surface area contributed by atoms with Gasteiger partial charge in [-0.1, -0.05) is 18.2 Å². The van der Waals surface area contributed by atoms with E-state index in [0.717, 1.165) is 25.7 Å². The Hall–Kier alpha value is -1.39. The van der Waals surface area contributed by atoms with Gasteiger partial charge in [0.15, 0.2) is 0 Å². The SMILES string of the molecule is CNC1CCC(ONC(=O)c2ccccc2)CC1. The minimum atomic E-state index is -0.175. The van der Waals surface area contributed by atoms with Gasteiger partial charge in [0.05, 0.1) is 6.10 Å². The smallest absolute Gasteiger partial charge is 0.274 e. The fourth-order valence-electron chi connectivity index (χ4n) is 2.25. The van der Waals surface area contributed by atoms with Crippen LogP contribution < -0.4 is 10.8 Å². The van der Waals surface area contributed by atoms with Crippen molar-refractivity contribution < 1.29 is 9.63 Å². The van der Waals surface area contributed by atoms with Crippen LogP contribution in [0.3, 0.4) is 0 Å². The van der Waals surface area contributed by atoms with Gasteiger partial charge in [-0.15, -0.1) is 0 Å². The molecule has 1 aromatic carbocycles. The third kappa shape index (κ3) is 3.55. The number of carbonyl (C=O) groups is 1. The summed E-state index contributed by atoms with van der Waals surface area (Å²) in [6, 6.07) is 9.71.